The number of fused-ring (bicyclic) bond motifs is 3. The van der Waals surface area contributed by atoms with Gasteiger partial charge >= 0.3 is 6.18 Å². The number of benzene rings is 1. The van der Waals surface area contributed by atoms with E-state index in [1.165, 1.54) is 16.7 Å². The summed E-state index contributed by atoms with van der Waals surface area (Å²) in [6.45, 7) is 3.28. The van der Waals surface area contributed by atoms with Crippen molar-refractivity contribution in [3.05, 3.63) is 68.7 Å². The summed E-state index contributed by atoms with van der Waals surface area (Å²) >= 11 is 12.4. The van der Waals surface area contributed by atoms with Gasteiger partial charge in [-0.25, -0.2) is 9.37 Å². The molecule has 5 nitrogen and oxygen atoms in total. The van der Waals surface area contributed by atoms with Crippen LogP contribution in [0.4, 0.5) is 17.6 Å². The fourth-order valence-corrected chi connectivity index (χ4v) is 3.84. The minimum absolute atomic E-state index is 0.0160. The molecule has 4 rings (SSSR count). The number of alkyl halides is 3. The van der Waals surface area contributed by atoms with Gasteiger partial charge in [0.15, 0.2) is 11.5 Å². The molecule has 0 saturated carbocycles. The number of halogens is 6. The molecule has 1 aliphatic rings. The minimum atomic E-state index is -4.82. The van der Waals surface area contributed by atoms with Crippen LogP contribution >= 0.6 is 23.2 Å². The van der Waals surface area contributed by atoms with Gasteiger partial charge in [0, 0.05) is 5.56 Å². The quantitative estimate of drug-likeness (QED) is 0.476. The molecular formula is C18H11Cl2F4N5. The number of nitrogens with zero attached hydrogens (tertiary/aromatic N) is 5. The third-order valence-electron chi connectivity index (χ3n) is 4.49. The molecule has 0 N–H and O–H groups in total. The minimum Gasteiger partial charge on any atom is -0.279 e. The molecular weight excluding hydrogens is 433 g/mol. The molecule has 1 aliphatic heterocycles. The summed E-state index contributed by atoms with van der Waals surface area (Å²) in [5, 5.41) is 7.31. The van der Waals surface area contributed by atoms with Crippen molar-refractivity contribution in [3.8, 4) is 5.69 Å². The Labute approximate surface area is 172 Å². The zero-order valence-electron chi connectivity index (χ0n) is 14.9. The van der Waals surface area contributed by atoms with Crippen LogP contribution in [0.25, 0.3) is 5.69 Å². The maximum absolute atomic E-state index is 14.7. The fourth-order valence-electron chi connectivity index (χ4n) is 3.25. The molecule has 1 aromatic carbocycles. The number of hydrogen-bond donors (Lipinski definition) is 0. The molecule has 11 heteroatoms. The van der Waals surface area contributed by atoms with Crippen LogP contribution in [0.15, 0.2) is 29.4 Å². The van der Waals surface area contributed by atoms with Crippen LogP contribution in [-0.4, -0.2) is 25.5 Å². The highest BCUT2D eigenvalue weighted by Crippen LogP contribution is 2.41. The molecule has 29 heavy (non-hydrogen) atoms. The van der Waals surface area contributed by atoms with E-state index >= 15 is 0 Å². The Bertz CT molecular complexity index is 1150. The predicted octanol–water partition coefficient (Wildman–Crippen LogP) is 5.35. The van der Waals surface area contributed by atoms with Gasteiger partial charge in [-0.15, -0.1) is 10.2 Å². The van der Waals surface area contributed by atoms with E-state index in [1.807, 2.05) is 0 Å². The maximum atomic E-state index is 14.7. The Balaban J connectivity index is 2.16. The van der Waals surface area contributed by atoms with E-state index in [0.29, 0.717) is 11.6 Å². The molecule has 0 unspecified atom stereocenters. The monoisotopic (exact) mass is 443 g/mol. The van der Waals surface area contributed by atoms with E-state index < -0.39 is 28.8 Å². The molecule has 3 aromatic rings. The Morgan fingerprint density at radius 3 is 2.48 bits per heavy atom. The highest BCUT2D eigenvalue weighted by molar-refractivity contribution is 6.40. The van der Waals surface area contributed by atoms with Crippen molar-refractivity contribution < 1.29 is 17.6 Å². The van der Waals surface area contributed by atoms with Crippen LogP contribution < -0.4 is 0 Å². The van der Waals surface area contributed by atoms with Gasteiger partial charge in [0.2, 0.25) is 0 Å². The first-order valence-electron chi connectivity index (χ1n) is 8.31. The van der Waals surface area contributed by atoms with Gasteiger partial charge in [-0.2, -0.15) is 13.2 Å². The molecule has 0 fully saturated rings. The fraction of sp³-hybridized carbons (Fsp3) is 0.222. The third kappa shape index (κ3) is 3.08. The van der Waals surface area contributed by atoms with E-state index in [0.717, 1.165) is 12.3 Å². The van der Waals surface area contributed by atoms with Crippen LogP contribution in [0, 0.1) is 12.7 Å². The van der Waals surface area contributed by atoms with E-state index in [2.05, 4.69) is 20.2 Å². The van der Waals surface area contributed by atoms with E-state index in [1.54, 1.807) is 13.8 Å². The van der Waals surface area contributed by atoms with Crippen molar-refractivity contribution in [1.29, 1.82) is 0 Å². The molecule has 0 amide bonds. The maximum Gasteiger partial charge on any atom is 0.434 e. The lowest BCUT2D eigenvalue weighted by atomic mass is 9.99. The number of pyridine rings is 1. The molecule has 3 heterocycles. The van der Waals surface area contributed by atoms with Crippen LogP contribution in [0.2, 0.25) is 10.0 Å². The van der Waals surface area contributed by atoms with Gasteiger partial charge in [-0.1, -0.05) is 29.3 Å². The second-order valence-electron chi connectivity index (χ2n) is 6.37. The summed E-state index contributed by atoms with van der Waals surface area (Å²) in [6, 6.07) is 3.28. The summed E-state index contributed by atoms with van der Waals surface area (Å²) in [4.78, 5) is 7.94. The lowest BCUT2D eigenvalue weighted by molar-refractivity contribution is -0.141. The van der Waals surface area contributed by atoms with Crippen molar-refractivity contribution in [2.75, 3.05) is 0 Å². The van der Waals surface area contributed by atoms with Crippen LogP contribution in [0.5, 0.6) is 0 Å². The highest BCUT2D eigenvalue weighted by Gasteiger charge is 2.39. The van der Waals surface area contributed by atoms with E-state index in [4.69, 9.17) is 23.2 Å². The van der Waals surface area contributed by atoms with Crippen molar-refractivity contribution >= 4 is 28.9 Å². The molecule has 0 radical (unpaired) electrons. The topological polar surface area (TPSA) is 56.0 Å². The molecule has 1 atom stereocenters. The summed E-state index contributed by atoms with van der Waals surface area (Å²) in [7, 11) is 0. The van der Waals surface area contributed by atoms with Gasteiger partial charge in [0.05, 0.1) is 33.2 Å². The lowest BCUT2D eigenvalue weighted by Gasteiger charge is -2.18. The number of rotatable bonds is 1. The summed E-state index contributed by atoms with van der Waals surface area (Å²) in [6.07, 6.45) is -3.81. The predicted molar refractivity (Wildman–Crippen MR) is 99.4 cm³/mol. The van der Waals surface area contributed by atoms with Gasteiger partial charge < -0.3 is 0 Å². The zero-order valence-corrected chi connectivity index (χ0v) is 16.4. The molecule has 0 aliphatic carbocycles. The molecule has 150 valence electrons. The SMILES string of the molecule is Cc1nnc2n1-c1cnc(C(F)(F)F)c(Cl)c1C(c1c(F)cccc1Cl)=N[C@H]2C. The van der Waals surface area contributed by atoms with Crippen molar-refractivity contribution in [2.24, 2.45) is 4.99 Å². The van der Waals surface area contributed by atoms with Gasteiger partial charge in [0.1, 0.15) is 17.7 Å². The number of hydrogen-bond acceptors (Lipinski definition) is 4. The number of aromatic nitrogens is 4. The molecule has 0 spiro atoms. The molecule has 0 saturated heterocycles. The van der Waals surface area contributed by atoms with Crippen molar-refractivity contribution in [2.45, 2.75) is 26.1 Å². The van der Waals surface area contributed by atoms with Crippen LogP contribution in [-0.2, 0) is 6.18 Å². The largest absolute Gasteiger partial charge is 0.434 e. The number of aliphatic imine (C=N–C) groups is 1. The highest BCUT2D eigenvalue weighted by atomic mass is 35.5. The Kier molecular flexibility index (Phi) is 4.62. The lowest BCUT2D eigenvalue weighted by Crippen LogP contribution is -2.17. The van der Waals surface area contributed by atoms with Crippen molar-refractivity contribution in [3.63, 3.8) is 0 Å². The zero-order chi connectivity index (χ0) is 21.1. The van der Waals surface area contributed by atoms with Crippen molar-refractivity contribution in [1.82, 2.24) is 19.7 Å². The third-order valence-corrected chi connectivity index (χ3v) is 5.17. The average Bonchev–Trinajstić information content (AvgIpc) is 2.95. The Morgan fingerprint density at radius 1 is 1.10 bits per heavy atom. The van der Waals surface area contributed by atoms with E-state index in [9.17, 15) is 17.6 Å². The molecule has 2 aromatic heterocycles. The summed E-state index contributed by atoms with van der Waals surface area (Å²) < 4.78 is 56.7. The van der Waals surface area contributed by atoms with Crippen LogP contribution in [0.1, 0.15) is 41.4 Å². The number of aryl methyl sites for hydroxylation is 1. The molecule has 0 bridgehead atoms. The van der Waals surface area contributed by atoms with Gasteiger partial charge in [-0.3, -0.25) is 9.56 Å². The van der Waals surface area contributed by atoms with Gasteiger partial charge in [0.25, 0.3) is 0 Å². The smallest absolute Gasteiger partial charge is 0.279 e. The first-order chi connectivity index (χ1) is 13.6. The Hall–Kier alpha value is -2.52. The first-order valence-corrected chi connectivity index (χ1v) is 9.07. The average molecular weight is 444 g/mol. The standard InChI is InChI=1S/C18H11Cl2F4N5/c1-7-17-28-27-8(2)29(17)11-6-25-16(18(22,23)24)14(20)13(11)15(26-7)12-9(19)4-3-5-10(12)21/h3-7H,1-2H3/t7-/m0/s1. The Morgan fingerprint density at radius 2 is 1.83 bits per heavy atom. The summed E-state index contributed by atoms with van der Waals surface area (Å²) in [5.41, 5.74) is -1.56. The first kappa shape index (κ1) is 19.8. The second-order valence-corrected chi connectivity index (χ2v) is 7.16. The summed E-state index contributed by atoms with van der Waals surface area (Å²) in [5.74, 6) is -0.00383. The normalized spacial score (nSPS) is 16.1. The second kappa shape index (κ2) is 6.77. The van der Waals surface area contributed by atoms with Crippen LogP contribution in [0.3, 0.4) is 0 Å². The van der Waals surface area contributed by atoms with E-state index in [-0.39, 0.29) is 27.5 Å². The van der Waals surface area contributed by atoms with Gasteiger partial charge in [-0.05, 0) is 26.0 Å².